The highest BCUT2D eigenvalue weighted by Gasteiger charge is 2.28. The lowest BCUT2D eigenvalue weighted by Gasteiger charge is -2.28. The van der Waals surface area contributed by atoms with E-state index < -0.39 is 0 Å². The molecular weight excluding hydrogens is 363 g/mol. The number of thioether (sulfide) groups is 1. The fourth-order valence-electron chi connectivity index (χ4n) is 2.44. The van der Waals surface area contributed by atoms with Crippen molar-refractivity contribution in [1.82, 2.24) is 14.9 Å². The molecule has 0 unspecified atom stereocenters. The number of amides is 1. The molecule has 1 amide bonds. The second-order valence-electron chi connectivity index (χ2n) is 5.21. The van der Waals surface area contributed by atoms with Crippen molar-refractivity contribution in [1.29, 1.82) is 0 Å². The molecule has 0 fully saturated rings. The summed E-state index contributed by atoms with van der Waals surface area (Å²) in [7, 11) is 0. The number of halogens is 1. The number of hydrogen-bond acceptors (Lipinski definition) is 6. The average Bonchev–Trinajstić information content (AvgIpc) is 3.30. The third-order valence-electron chi connectivity index (χ3n) is 3.60. The van der Waals surface area contributed by atoms with Crippen molar-refractivity contribution < 1.29 is 13.9 Å². The molecule has 2 aromatic heterocycles. The minimum Gasteiger partial charge on any atom is -0.486 e. The highest BCUT2D eigenvalue weighted by molar-refractivity contribution is 7.99. The van der Waals surface area contributed by atoms with Crippen molar-refractivity contribution in [3.05, 3.63) is 58.3 Å². The molecule has 3 heterocycles. The second kappa shape index (κ2) is 6.85. The van der Waals surface area contributed by atoms with Gasteiger partial charge in [-0.15, -0.1) is 21.5 Å². The van der Waals surface area contributed by atoms with Gasteiger partial charge in [0.1, 0.15) is 18.2 Å². The number of nitrogens with zero attached hydrogens (tertiary/aromatic N) is 4. The van der Waals surface area contributed by atoms with Crippen LogP contribution in [-0.2, 0) is 6.61 Å². The molecule has 0 saturated heterocycles. The number of ether oxygens (including phenoxy) is 1. The smallest absolute Gasteiger partial charge is 0.282 e. The number of carbonyl (C=O) groups is 1. The number of benzene rings is 1. The Bertz CT molecular complexity index is 880. The number of rotatable bonds is 4. The second-order valence-corrected chi connectivity index (χ2v) is 7.22. The number of thiophene rings is 1. The molecule has 0 N–H and O–H groups in total. The summed E-state index contributed by atoms with van der Waals surface area (Å²) in [6, 6.07) is 9.40. The molecule has 0 atom stereocenters. The molecule has 1 aliphatic rings. The standard InChI is InChI=1S/C16H13FN4O2S2/c17-11-3-5-12(6-4-11)23-10-14-18-19-16-21(14)20(7-9-25-16)15(22)13-2-1-8-24-13/h1-6,8H,7,9-10H2. The van der Waals surface area contributed by atoms with E-state index >= 15 is 0 Å². The van der Waals surface area contributed by atoms with E-state index in [0.717, 1.165) is 5.75 Å². The van der Waals surface area contributed by atoms with E-state index in [1.165, 1.54) is 23.5 Å². The lowest BCUT2D eigenvalue weighted by Crippen LogP contribution is -2.45. The molecule has 128 valence electrons. The number of aromatic nitrogens is 3. The first-order valence-corrected chi connectivity index (χ1v) is 9.40. The van der Waals surface area contributed by atoms with Gasteiger partial charge in [-0.2, -0.15) is 0 Å². The Morgan fingerprint density at radius 3 is 2.84 bits per heavy atom. The van der Waals surface area contributed by atoms with Gasteiger partial charge in [-0.25, -0.2) is 14.1 Å². The van der Waals surface area contributed by atoms with Gasteiger partial charge < -0.3 is 4.74 Å². The Labute approximate surface area is 151 Å². The summed E-state index contributed by atoms with van der Waals surface area (Å²) in [4.78, 5) is 13.4. The van der Waals surface area contributed by atoms with E-state index in [-0.39, 0.29) is 18.3 Å². The average molecular weight is 376 g/mol. The van der Waals surface area contributed by atoms with E-state index in [0.29, 0.717) is 28.2 Å². The predicted molar refractivity (Wildman–Crippen MR) is 93.2 cm³/mol. The van der Waals surface area contributed by atoms with Crippen LogP contribution < -0.4 is 9.75 Å². The van der Waals surface area contributed by atoms with Crippen LogP contribution in [0, 0.1) is 5.82 Å². The first-order chi connectivity index (χ1) is 12.2. The summed E-state index contributed by atoms with van der Waals surface area (Å²) in [5.74, 6) is 1.40. The molecule has 0 saturated carbocycles. The highest BCUT2D eigenvalue weighted by atomic mass is 32.2. The van der Waals surface area contributed by atoms with Gasteiger partial charge in [-0.3, -0.25) is 4.79 Å². The van der Waals surface area contributed by atoms with Crippen LogP contribution >= 0.6 is 23.1 Å². The van der Waals surface area contributed by atoms with Crippen LogP contribution in [0.3, 0.4) is 0 Å². The van der Waals surface area contributed by atoms with Gasteiger partial charge in [-0.05, 0) is 35.7 Å². The van der Waals surface area contributed by atoms with Gasteiger partial charge in [0.05, 0.1) is 11.4 Å². The van der Waals surface area contributed by atoms with E-state index in [2.05, 4.69) is 10.2 Å². The van der Waals surface area contributed by atoms with Crippen LogP contribution in [0.2, 0.25) is 0 Å². The third kappa shape index (κ3) is 3.24. The highest BCUT2D eigenvalue weighted by Crippen LogP contribution is 2.25. The molecular formula is C16H13FN4O2S2. The zero-order valence-electron chi connectivity index (χ0n) is 13.0. The van der Waals surface area contributed by atoms with E-state index in [4.69, 9.17) is 4.74 Å². The maximum atomic E-state index is 13.0. The first kappa shape index (κ1) is 16.1. The Morgan fingerprint density at radius 2 is 2.08 bits per heavy atom. The van der Waals surface area contributed by atoms with Crippen LogP contribution in [0.15, 0.2) is 46.9 Å². The van der Waals surface area contributed by atoms with Crippen molar-refractivity contribution >= 4 is 29.0 Å². The first-order valence-electron chi connectivity index (χ1n) is 7.53. The number of fused-ring (bicyclic) bond motifs is 1. The molecule has 1 aliphatic heterocycles. The predicted octanol–water partition coefficient (Wildman–Crippen LogP) is 2.94. The van der Waals surface area contributed by atoms with Crippen molar-refractivity contribution in [2.75, 3.05) is 17.3 Å². The summed E-state index contributed by atoms with van der Waals surface area (Å²) < 4.78 is 20.3. The molecule has 0 radical (unpaired) electrons. The van der Waals surface area contributed by atoms with Gasteiger partial charge in [0.15, 0.2) is 5.82 Å². The lowest BCUT2D eigenvalue weighted by molar-refractivity contribution is 0.0957. The van der Waals surface area contributed by atoms with E-state index in [1.54, 1.807) is 39.6 Å². The summed E-state index contributed by atoms with van der Waals surface area (Å²) in [6.07, 6.45) is 0. The summed E-state index contributed by atoms with van der Waals surface area (Å²) in [5, 5.41) is 12.5. The molecule has 0 aliphatic carbocycles. The van der Waals surface area contributed by atoms with Crippen molar-refractivity contribution in [2.24, 2.45) is 0 Å². The SMILES string of the molecule is O=C(c1cccs1)N1CCSc2nnc(COc3ccc(F)cc3)n21. The van der Waals surface area contributed by atoms with Crippen LogP contribution in [0.4, 0.5) is 4.39 Å². The number of hydrogen-bond donors (Lipinski definition) is 0. The summed E-state index contributed by atoms with van der Waals surface area (Å²) in [5.41, 5.74) is 0. The normalized spacial score (nSPS) is 13.6. The maximum absolute atomic E-state index is 13.0. The summed E-state index contributed by atoms with van der Waals surface area (Å²) in [6.45, 7) is 0.698. The quantitative estimate of drug-likeness (QED) is 0.701. The monoisotopic (exact) mass is 376 g/mol. The molecule has 0 bridgehead atoms. The van der Waals surface area contributed by atoms with Crippen LogP contribution in [0.5, 0.6) is 5.75 Å². The Kier molecular flexibility index (Phi) is 4.41. The topological polar surface area (TPSA) is 60.3 Å². The molecule has 4 rings (SSSR count). The minimum atomic E-state index is -0.323. The van der Waals surface area contributed by atoms with Gasteiger partial charge >= 0.3 is 0 Å². The van der Waals surface area contributed by atoms with Crippen molar-refractivity contribution in [3.8, 4) is 5.75 Å². The minimum absolute atomic E-state index is 0.0839. The Morgan fingerprint density at radius 1 is 1.24 bits per heavy atom. The lowest BCUT2D eigenvalue weighted by atomic mass is 10.3. The molecule has 9 heteroatoms. The zero-order chi connectivity index (χ0) is 17.2. The molecule has 25 heavy (non-hydrogen) atoms. The van der Waals surface area contributed by atoms with Gasteiger partial charge in [0.25, 0.3) is 5.91 Å². The Hall–Kier alpha value is -2.39. The van der Waals surface area contributed by atoms with Crippen LogP contribution in [0.25, 0.3) is 0 Å². The van der Waals surface area contributed by atoms with Gasteiger partial charge in [0.2, 0.25) is 5.16 Å². The van der Waals surface area contributed by atoms with E-state index in [1.807, 2.05) is 11.4 Å². The number of carbonyl (C=O) groups excluding carboxylic acids is 1. The fourth-order valence-corrected chi connectivity index (χ4v) is 3.98. The zero-order valence-corrected chi connectivity index (χ0v) is 14.6. The van der Waals surface area contributed by atoms with Crippen molar-refractivity contribution in [2.45, 2.75) is 11.8 Å². The maximum Gasteiger partial charge on any atom is 0.282 e. The van der Waals surface area contributed by atoms with Gasteiger partial charge in [0, 0.05) is 5.75 Å². The van der Waals surface area contributed by atoms with Crippen LogP contribution in [0.1, 0.15) is 15.5 Å². The molecule has 1 aromatic carbocycles. The summed E-state index contributed by atoms with van der Waals surface area (Å²) >= 11 is 2.95. The fraction of sp³-hybridized carbons (Fsp3) is 0.188. The Balaban J connectivity index is 1.57. The van der Waals surface area contributed by atoms with E-state index in [9.17, 15) is 9.18 Å². The third-order valence-corrected chi connectivity index (χ3v) is 5.36. The largest absolute Gasteiger partial charge is 0.486 e. The van der Waals surface area contributed by atoms with Crippen molar-refractivity contribution in [3.63, 3.8) is 0 Å². The molecule has 0 spiro atoms. The van der Waals surface area contributed by atoms with Crippen LogP contribution in [-0.4, -0.2) is 33.1 Å². The molecule has 6 nitrogen and oxygen atoms in total. The molecule has 3 aromatic rings. The van der Waals surface area contributed by atoms with Gasteiger partial charge in [-0.1, -0.05) is 17.8 Å².